The average molecular weight is 261 g/mol. The summed E-state index contributed by atoms with van der Waals surface area (Å²) in [5, 5.41) is 7.32. The van der Waals surface area contributed by atoms with Gasteiger partial charge in [0.2, 0.25) is 11.8 Å². The van der Waals surface area contributed by atoms with Crippen LogP contribution in [0.4, 0.5) is 0 Å². The fourth-order valence-electron chi connectivity index (χ4n) is 2.11. The number of hydrogen-bond donors (Lipinski definition) is 1. The van der Waals surface area contributed by atoms with Gasteiger partial charge >= 0.3 is 0 Å². The molecule has 5 nitrogen and oxygen atoms in total. The maximum Gasteiger partial charge on any atom is 0.245 e. The Bertz CT molecular complexity index is 650. The summed E-state index contributed by atoms with van der Waals surface area (Å²) in [6.45, 7) is 0. The quantitative estimate of drug-likeness (QED) is 0.778. The molecule has 0 bridgehead atoms. The number of nitrogens with zero attached hydrogens (tertiary/aromatic N) is 2. The smallest absolute Gasteiger partial charge is 0.245 e. The number of aromatic nitrogens is 2. The van der Waals surface area contributed by atoms with E-state index in [4.69, 9.17) is 0 Å². The number of hydrogen-bond acceptors (Lipinski definition) is 4. The number of carbonyl (C=O) groups is 2. The van der Waals surface area contributed by atoms with Crippen LogP contribution in [0.2, 0.25) is 0 Å². The summed E-state index contributed by atoms with van der Waals surface area (Å²) in [5.41, 5.74) is 1.71. The van der Waals surface area contributed by atoms with Gasteiger partial charge in [-0.25, -0.2) is 0 Å². The summed E-state index contributed by atoms with van der Waals surface area (Å²) in [6, 6.07) is 7.76. The Hall–Kier alpha value is -1.82. The van der Waals surface area contributed by atoms with Crippen molar-refractivity contribution in [2.24, 2.45) is 7.05 Å². The standard InChI is InChI=1S/C12H11N3O2S/c1-15-8-5-3-2-4-7(8)10(14-15)11-12(17)13-9(16)6-18-11/h2-5,11H,6H2,1H3,(H,13,16,17). The van der Waals surface area contributed by atoms with E-state index in [0.717, 1.165) is 16.6 Å². The lowest BCUT2D eigenvalue weighted by molar-refractivity contribution is -0.129. The zero-order valence-corrected chi connectivity index (χ0v) is 10.5. The normalized spacial score (nSPS) is 20.2. The largest absolute Gasteiger partial charge is 0.294 e. The Kier molecular flexibility index (Phi) is 2.59. The third-order valence-corrected chi connectivity index (χ3v) is 4.12. The van der Waals surface area contributed by atoms with Gasteiger partial charge < -0.3 is 0 Å². The maximum atomic E-state index is 11.9. The van der Waals surface area contributed by atoms with E-state index in [1.54, 1.807) is 4.68 Å². The zero-order chi connectivity index (χ0) is 12.7. The molecular weight excluding hydrogens is 250 g/mol. The first-order valence-electron chi connectivity index (χ1n) is 5.54. The molecule has 2 amide bonds. The summed E-state index contributed by atoms with van der Waals surface area (Å²) in [7, 11) is 1.85. The Morgan fingerprint density at radius 2 is 2.17 bits per heavy atom. The van der Waals surface area contributed by atoms with Crippen LogP contribution >= 0.6 is 11.8 Å². The number of para-hydroxylation sites is 1. The highest BCUT2D eigenvalue weighted by Gasteiger charge is 2.32. The maximum absolute atomic E-state index is 11.9. The number of amides is 2. The molecule has 1 aromatic carbocycles. The van der Waals surface area contributed by atoms with Crippen LogP contribution in [0.5, 0.6) is 0 Å². The first-order chi connectivity index (χ1) is 8.66. The molecule has 92 valence electrons. The van der Waals surface area contributed by atoms with E-state index in [0.29, 0.717) is 5.75 Å². The molecule has 1 aliphatic rings. The molecule has 1 fully saturated rings. The number of nitrogens with one attached hydrogen (secondary N) is 1. The molecule has 2 heterocycles. The minimum Gasteiger partial charge on any atom is -0.294 e. The van der Waals surface area contributed by atoms with Crippen LogP contribution in [0.3, 0.4) is 0 Å². The van der Waals surface area contributed by atoms with Gasteiger partial charge in [-0.2, -0.15) is 5.10 Å². The Balaban J connectivity index is 2.09. The van der Waals surface area contributed by atoms with E-state index in [-0.39, 0.29) is 11.8 Å². The molecule has 1 aromatic heterocycles. The molecule has 1 unspecified atom stereocenters. The van der Waals surface area contributed by atoms with E-state index < -0.39 is 5.25 Å². The van der Waals surface area contributed by atoms with E-state index >= 15 is 0 Å². The van der Waals surface area contributed by atoms with E-state index in [2.05, 4.69) is 10.4 Å². The predicted molar refractivity (Wildman–Crippen MR) is 69.1 cm³/mol. The summed E-state index contributed by atoms with van der Waals surface area (Å²) in [4.78, 5) is 23.0. The van der Waals surface area contributed by atoms with Gasteiger partial charge in [-0.1, -0.05) is 18.2 Å². The molecule has 18 heavy (non-hydrogen) atoms. The van der Waals surface area contributed by atoms with Crippen LogP contribution < -0.4 is 5.32 Å². The van der Waals surface area contributed by atoms with Crippen molar-refractivity contribution in [3.63, 3.8) is 0 Å². The van der Waals surface area contributed by atoms with E-state index in [9.17, 15) is 9.59 Å². The number of carbonyl (C=O) groups excluding carboxylic acids is 2. The predicted octanol–water partition coefficient (Wildman–Crippen LogP) is 1.00. The lowest BCUT2D eigenvalue weighted by atomic mass is 10.1. The second kappa shape index (κ2) is 4.13. The molecule has 0 spiro atoms. The molecule has 2 aromatic rings. The minimum atomic E-state index is -0.409. The fraction of sp³-hybridized carbons (Fsp3) is 0.250. The van der Waals surface area contributed by atoms with Crippen molar-refractivity contribution >= 4 is 34.5 Å². The summed E-state index contributed by atoms with van der Waals surface area (Å²) in [6.07, 6.45) is 0. The SMILES string of the molecule is Cn1nc(C2SCC(=O)NC2=O)c2ccccc21. The van der Waals surface area contributed by atoms with E-state index in [1.807, 2.05) is 31.3 Å². The van der Waals surface area contributed by atoms with Crippen molar-refractivity contribution in [2.75, 3.05) is 5.75 Å². The van der Waals surface area contributed by atoms with Gasteiger partial charge in [-0.15, -0.1) is 11.8 Å². The number of imide groups is 1. The fourth-order valence-corrected chi connectivity index (χ4v) is 3.04. The van der Waals surface area contributed by atoms with Crippen molar-refractivity contribution in [3.8, 4) is 0 Å². The minimum absolute atomic E-state index is 0.235. The molecular formula is C12H11N3O2S. The number of aryl methyl sites for hydroxylation is 1. The zero-order valence-electron chi connectivity index (χ0n) is 9.71. The summed E-state index contributed by atoms with van der Waals surface area (Å²) < 4.78 is 1.76. The number of rotatable bonds is 1. The second-order valence-corrected chi connectivity index (χ2v) is 5.22. The van der Waals surface area contributed by atoms with Crippen LogP contribution in [-0.4, -0.2) is 27.3 Å². The molecule has 1 saturated heterocycles. The third kappa shape index (κ3) is 1.69. The van der Waals surface area contributed by atoms with Gasteiger partial charge in [-0.05, 0) is 6.07 Å². The molecule has 0 radical (unpaired) electrons. The Morgan fingerprint density at radius 1 is 1.39 bits per heavy atom. The Labute approximate surface area is 108 Å². The first kappa shape index (κ1) is 11.3. The highest BCUT2D eigenvalue weighted by atomic mass is 32.2. The summed E-state index contributed by atoms with van der Waals surface area (Å²) >= 11 is 1.32. The first-order valence-corrected chi connectivity index (χ1v) is 6.58. The van der Waals surface area contributed by atoms with Crippen LogP contribution in [0.15, 0.2) is 24.3 Å². The van der Waals surface area contributed by atoms with Crippen molar-refractivity contribution in [1.82, 2.24) is 15.1 Å². The van der Waals surface area contributed by atoms with Crippen molar-refractivity contribution in [3.05, 3.63) is 30.0 Å². The van der Waals surface area contributed by atoms with Crippen LogP contribution in [0.25, 0.3) is 10.9 Å². The second-order valence-electron chi connectivity index (χ2n) is 4.13. The lowest BCUT2D eigenvalue weighted by Gasteiger charge is -2.18. The molecule has 1 aliphatic heterocycles. The van der Waals surface area contributed by atoms with Gasteiger partial charge in [0.25, 0.3) is 0 Å². The topological polar surface area (TPSA) is 64.0 Å². The van der Waals surface area contributed by atoms with Crippen LogP contribution in [0, 0.1) is 0 Å². The Morgan fingerprint density at radius 3 is 2.94 bits per heavy atom. The lowest BCUT2D eigenvalue weighted by Crippen LogP contribution is -2.39. The van der Waals surface area contributed by atoms with Crippen molar-refractivity contribution < 1.29 is 9.59 Å². The highest BCUT2D eigenvalue weighted by Crippen LogP contribution is 2.34. The number of benzene rings is 1. The van der Waals surface area contributed by atoms with Crippen LogP contribution in [0.1, 0.15) is 10.9 Å². The van der Waals surface area contributed by atoms with Gasteiger partial charge in [0.15, 0.2) is 0 Å². The summed E-state index contributed by atoms with van der Waals surface area (Å²) in [5.74, 6) is -0.219. The van der Waals surface area contributed by atoms with Gasteiger partial charge in [0, 0.05) is 12.4 Å². The average Bonchev–Trinajstić information content (AvgIpc) is 2.68. The third-order valence-electron chi connectivity index (χ3n) is 2.92. The van der Waals surface area contributed by atoms with Gasteiger partial charge in [0.1, 0.15) is 5.25 Å². The van der Waals surface area contributed by atoms with Gasteiger partial charge in [-0.3, -0.25) is 19.6 Å². The van der Waals surface area contributed by atoms with Crippen molar-refractivity contribution in [1.29, 1.82) is 0 Å². The molecule has 3 rings (SSSR count). The monoisotopic (exact) mass is 261 g/mol. The number of thioether (sulfide) groups is 1. The molecule has 1 atom stereocenters. The van der Waals surface area contributed by atoms with Gasteiger partial charge in [0.05, 0.1) is 17.0 Å². The number of fused-ring (bicyclic) bond motifs is 1. The molecule has 0 aliphatic carbocycles. The van der Waals surface area contributed by atoms with Crippen molar-refractivity contribution in [2.45, 2.75) is 5.25 Å². The van der Waals surface area contributed by atoms with Crippen LogP contribution in [-0.2, 0) is 16.6 Å². The molecule has 1 N–H and O–H groups in total. The van der Waals surface area contributed by atoms with E-state index in [1.165, 1.54) is 11.8 Å². The highest BCUT2D eigenvalue weighted by molar-refractivity contribution is 8.01. The molecule has 6 heteroatoms. The molecule has 0 saturated carbocycles.